The summed E-state index contributed by atoms with van der Waals surface area (Å²) in [7, 11) is 0. The first-order valence-corrected chi connectivity index (χ1v) is 8.15. The fourth-order valence-corrected chi connectivity index (χ4v) is 2.83. The third-order valence-electron chi connectivity index (χ3n) is 4.17. The van der Waals surface area contributed by atoms with Gasteiger partial charge in [-0.2, -0.15) is 5.26 Å². The van der Waals surface area contributed by atoms with Crippen LogP contribution in [0.5, 0.6) is 0 Å². The Labute approximate surface area is 142 Å². The summed E-state index contributed by atoms with van der Waals surface area (Å²) >= 11 is 0. The lowest BCUT2D eigenvalue weighted by atomic mass is 9.99. The maximum absolute atomic E-state index is 9.65. The number of hydrogen-bond donors (Lipinski definition) is 0. The van der Waals surface area contributed by atoms with Crippen LogP contribution in [-0.4, -0.2) is 24.9 Å². The summed E-state index contributed by atoms with van der Waals surface area (Å²) in [5.41, 5.74) is 1.13. The van der Waals surface area contributed by atoms with Gasteiger partial charge in [0.05, 0.1) is 26.4 Å². The molecule has 0 saturated carbocycles. The van der Waals surface area contributed by atoms with Gasteiger partial charge in [-0.15, -0.1) is 0 Å². The van der Waals surface area contributed by atoms with Crippen LogP contribution in [0.4, 0.5) is 0 Å². The Balaban J connectivity index is 1.56. The number of rotatable bonds is 7. The number of ether oxygens (including phenoxy) is 3. The molecule has 3 rings (SSSR count). The van der Waals surface area contributed by atoms with Crippen molar-refractivity contribution < 1.29 is 14.2 Å². The molecule has 1 aliphatic rings. The molecular weight excluding hydrogens is 302 g/mol. The van der Waals surface area contributed by atoms with Gasteiger partial charge in [0.2, 0.25) is 5.60 Å². The van der Waals surface area contributed by atoms with Crippen molar-refractivity contribution >= 4 is 0 Å². The lowest BCUT2D eigenvalue weighted by molar-refractivity contribution is -0.100. The molecule has 124 valence electrons. The molecule has 24 heavy (non-hydrogen) atoms. The van der Waals surface area contributed by atoms with Crippen molar-refractivity contribution in [3.8, 4) is 6.07 Å². The first kappa shape index (κ1) is 16.7. The quantitative estimate of drug-likeness (QED) is 0.783. The van der Waals surface area contributed by atoms with E-state index in [1.54, 1.807) is 0 Å². The molecule has 2 unspecified atom stereocenters. The highest BCUT2D eigenvalue weighted by Gasteiger charge is 2.46. The Hall–Kier alpha value is -2.19. The summed E-state index contributed by atoms with van der Waals surface area (Å²) in [4.78, 5) is 0. The molecule has 0 aliphatic carbocycles. The normalized spacial score (nSPS) is 23.0. The smallest absolute Gasteiger partial charge is 0.203 e. The molecule has 1 fully saturated rings. The minimum absolute atomic E-state index is 0.206. The highest BCUT2D eigenvalue weighted by molar-refractivity contribution is 5.16. The largest absolute Gasteiger partial charge is 0.373 e. The molecule has 2 atom stereocenters. The van der Waals surface area contributed by atoms with Crippen LogP contribution in [0.1, 0.15) is 17.5 Å². The summed E-state index contributed by atoms with van der Waals surface area (Å²) in [6.07, 6.45) is 0.424. The van der Waals surface area contributed by atoms with Crippen molar-refractivity contribution in [2.75, 3.05) is 13.2 Å². The van der Waals surface area contributed by atoms with Crippen molar-refractivity contribution in [1.82, 2.24) is 0 Å². The monoisotopic (exact) mass is 323 g/mol. The van der Waals surface area contributed by atoms with Crippen molar-refractivity contribution in [3.63, 3.8) is 0 Å². The molecule has 1 aliphatic heterocycles. The Bertz CT molecular complexity index is 668. The molecular formula is C20H21NO3. The third kappa shape index (κ3) is 4.01. The highest BCUT2D eigenvalue weighted by Crippen LogP contribution is 2.30. The molecule has 0 aromatic heterocycles. The number of nitrogens with zero attached hydrogens (tertiary/aromatic N) is 1. The minimum atomic E-state index is -1.02. The van der Waals surface area contributed by atoms with Crippen LogP contribution in [0.15, 0.2) is 60.7 Å². The van der Waals surface area contributed by atoms with Gasteiger partial charge in [0.15, 0.2) is 0 Å². The number of benzene rings is 2. The molecule has 0 N–H and O–H groups in total. The van der Waals surface area contributed by atoms with E-state index in [0.717, 1.165) is 11.1 Å². The van der Waals surface area contributed by atoms with Crippen LogP contribution in [0.3, 0.4) is 0 Å². The van der Waals surface area contributed by atoms with Crippen molar-refractivity contribution in [2.24, 2.45) is 0 Å². The average Bonchev–Trinajstić information content (AvgIpc) is 3.05. The van der Waals surface area contributed by atoms with Crippen LogP contribution in [0.25, 0.3) is 0 Å². The molecule has 1 heterocycles. The Morgan fingerprint density at radius 1 is 1.00 bits per heavy atom. The zero-order valence-electron chi connectivity index (χ0n) is 13.6. The lowest BCUT2D eigenvalue weighted by Gasteiger charge is -2.27. The first-order chi connectivity index (χ1) is 11.8. The van der Waals surface area contributed by atoms with Crippen molar-refractivity contribution in [2.45, 2.75) is 31.3 Å². The van der Waals surface area contributed by atoms with Gasteiger partial charge in [0.25, 0.3) is 0 Å². The zero-order chi connectivity index (χ0) is 16.7. The van der Waals surface area contributed by atoms with E-state index in [2.05, 4.69) is 6.07 Å². The van der Waals surface area contributed by atoms with Gasteiger partial charge in [0.1, 0.15) is 12.2 Å². The average molecular weight is 323 g/mol. The molecule has 2 aromatic rings. The Morgan fingerprint density at radius 3 is 2.25 bits per heavy atom. The van der Waals surface area contributed by atoms with E-state index in [4.69, 9.17) is 14.2 Å². The van der Waals surface area contributed by atoms with Gasteiger partial charge in [-0.25, -0.2) is 0 Å². The van der Waals surface area contributed by atoms with Crippen LogP contribution < -0.4 is 0 Å². The molecule has 0 spiro atoms. The molecule has 1 saturated heterocycles. The van der Waals surface area contributed by atoms with E-state index in [0.29, 0.717) is 26.2 Å². The van der Waals surface area contributed by atoms with Gasteiger partial charge < -0.3 is 14.2 Å². The van der Waals surface area contributed by atoms with E-state index >= 15 is 0 Å². The third-order valence-corrected chi connectivity index (χ3v) is 4.17. The van der Waals surface area contributed by atoms with E-state index in [-0.39, 0.29) is 12.7 Å². The van der Waals surface area contributed by atoms with Gasteiger partial charge in [-0.1, -0.05) is 60.7 Å². The van der Waals surface area contributed by atoms with Crippen LogP contribution in [0.2, 0.25) is 0 Å². The van der Waals surface area contributed by atoms with Gasteiger partial charge in [-0.3, -0.25) is 0 Å². The van der Waals surface area contributed by atoms with E-state index < -0.39 is 5.60 Å². The Morgan fingerprint density at radius 2 is 1.62 bits per heavy atom. The topological polar surface area (TPSA) is 51.5 Å². The molecule has 4 heteroatoms. The first-order valence-electron chi connectivity index (χ1n) is 8.15. The van der Waals surface area contributed by atoms with Gasteiger partial charge >= 0.3 is 0 Å². The molecule has 2 aromatic carbocycles. The summed E-state index contributed by atoms with van der Waals surface area (Å²) in [5, 5.41) is 9.65. The fraction of sp³-hybridized carbons (Fsp3) is 0.350. The lowest BCUT2D eigenvalue weighted by Crippen LogP contribution is -2.43. The minimum Gasteiger partial charge on any atom is -0.373 e. The van der Waals surface area contributed by atoms with Gasteiger partial charge in [0, 0.05) is 6.42 Å². The standard InChI is InChI=1S/C20H21NO3/c21-15-20(16-22-13-17-7-3-1-4-8-17)19(11-12-24-20)23-14-18-9-5-2-6-10-18/h1-10,19H,11-14,16H2. The summed E-state index contributed by atoms with van der Waals surface area (Å²) in [5.74, 6) is 0. The second-order valence-electron chi connectivity index (χ2n) is 5.90. The molecule has 0 radical (unpaired) electrons. The van der Waals surface area contributed by atoms with Crippen LogP contribution >= 0.6 is 0 Å². The fourth-order valence-electron chi connectivity index (χ4n) is 2.83. The van der Waals surface area contributed by atoms with E-state index in [1.807, 2.05) is 60.7 Å². The second kappa shape index (κ2) is 8.07. The number of nitriles is 1. The zero-order valence-corrected chi connectivity index (χ0v) is 13.6. The molecule has 4 nitrogen and oxygen atoms in total. The van der Waals surface area contributed by atoms with E-state index in [9.17, 15) is 5.26 Å². The van der Waals surface area contributed by atoms with Crippen LogP contribution in [-0.2, 0) is 27.4 Å². The number of hydrogen-bond acceptors (Lipinski definition) is 4. The van der Waals surface area contributed by atoms with Gasteiger partial charge in [-0.05, 0) is 11.1 Å². The summed E-state index contributed by atoms with van der Waals surface area (Å²) in [6, 6.07) is 22.1. The maximum Gasteiger partial charge on any atom is 0.203 e. The summed E-state index contributed by atoms with van der Waals surface area (Å²) in [6.45, 7) is 1.65. The predicted molar refractivity (Wildman–Crippen MR) is 90.0 cm³/mol. The maximum atomic E-state index is 9.65. The Kier molecular flexibility index (Phi) is 5.60. The molecule has 0 amide bonds. The second-order valence-corrected chi connectivity index (χ2v) is 5.90. The summed E-state index contributed by atoms with van der Waals surface area (Å²) < 4.78 is 17.4. The van der Waals surface area contributed by atoms with Crippen molar-refractivity contribution in [1.29, 1.82) is 5.26 Å². The molecule has 0 bridgehead atoms. The SMILES string of the molecule is N#CC1(COCc2ccccc2)OCCC1OCc1ccccc1. The highest BCUT2D eigenvalue weighted by atomic mass is 16.6. The predicted octanol–water partition coefficient (Wildman–Crippen LogP) is 3.47. The van der Waals surface area contributed by atoms with Crippen LogP contribution in [0, 0.1) is 11.3 Å². The van der Waals surface area contributed by atoms with E-state index in [1.165, 1.54) is 0 Å². The van der Waals surface area contributed by atoms with Crippen molar-refractivity contribution in [3.05, 3.63) is 71.8 Å².